The SMILES string of the molecule is COc1cccc(N2CCN(C[C@@H](C)Nc3ccccn3)CC2)c1. The van der Waals surface area contributed by atoms with Crippen molar-refractivity contribution in [3.8, 4) is 5.75 Å². The predicted molar refractivity (Wildman–Crippen MR) is 99.0 cm³/mol. The number of methoxy groups -OCH3 is 1. The zero-order valence-corrected chi connectivity index (χ0v) is 14.5. The fraction of sp³-hybridized carbons (Fsp3) is 0.421. The van der Waals surface area contributed by atoms with E-state index in [0.717, 1.165) is 44.3 Å². The summed E-state index contributed by atoms with van der Waals surface area (Å²) >= 11 is 0. The van der Waals surface area contributed by atoms with Gasteiger partial charge in [-0.05, 0) is 31.2 Å². The molecule has 2 aromatic rings. The third-order valence-corrected chi connectivity index (χ3v) is 4.38. The highest BCUT2D eigenvalue weighted by atomic mass is 16.5. The van der Waals surface area contributed by atoms with E-state index in [9.17, 15) is 0 Å². The first-order valence-electron chi connectivity index (χ1n) is 8.53. The molecule has 24 heavy (non-hydrogen) atoms. The van der Waals surface area contributed by atoms with E-state index in [1.165, 1.54) is 5.69 Å². The molecule has 0 spiro atoms. The predicted octanol–water partition coefficient (Wildman–Crippen LogP) is 2.71. The van der Waals surface area contributed by atoms with Crippen LogP contribution in [0.3, 0.4) is 0 Å². The highest BCUT2D eigenvalue weighted by Gasteiger charge is 2.19. The number of pyridine rings is 1. The van der Waals surface area contributed by atoms with E-state index >= 15 is 0 Å². The van der Waals surface area contributed by atoms with Crippen molar-refractivity contribution in [1.29, 1.82) is 0 Å². The smallest absolute Gasteiger partial charge is 0.126 e. The minimum absolute atomic E-state index is 0.378. The van der Waals surface area contributed by atoms with Crippen molar-refractivity contribution in [2.45, 2.75) is 13.0 Å². The number of nitrogens with one attached hydrogen (secondary N) is 1. The number of nitrogens with zero attached hydrogens (tertiary/aromatic N) is 3. The molecule has 1 aromatic carbocycles. The van der Waals surface area contributed by atoms with Gasteiger partial charge in [-0.2, -0.15) is 0 Å². The van der Waals surface area contributed by atoms with Crippen molar-refractivity contribution in [2.24, 2.45) is 0 Å². The van der Waals surface area contributed by atoms with Crippen molar-refractivity contribution < 1.29 is 4.74 Å². The zero-order valence-electron chi connectivity index (χ0n) is 14.5. The lowest BCUT2D eigenvalue weighted by atomic mass is 10.2. The quantitative estimate of drug-likeness (QED) is 0.884. The minimum Gasteiger partial charge on any atom is -0.497 e. The van der Waals surface area contributed by atoms with Crippen molar-refractivity contribution >= 4 is 11.5 Å². The van der Waals surface area contributed by atoms with Crippen LogP contribution in [-0.2, 0) is 0 Å². The molecule has 1 aliphatic rings. The molecule has 1 saturated heterocycles. The van der Waals surface area contributed by atoms with E-state index in [1.807, 2.05) is 30.5 Å². The molecule has 1 atom stereocenters. The molecule has 0 amide bonds. The lowest BCUT2D eigenvalue weighted by molar-refractivity contribution is 0.251. The summed E-state index contributed by atoms with van der Waals surface area (Å²) in [5.74, 6) is 1.86. The molecule has 128 valence electrons. The topological polar surface area (TPSA) is 40.6 Å². The number of benzene rings is 1. The van der Waals surface area contributed by atoms with Crippen LogP contribution in [0.25, 0.3) is 0 Å². The first kappa shape index (κ1) is 16.6. The Morgan fingerprint density at radius 2 is 1.96 bits per heavy atom. The molecule has 1 fully saturated rings. The van der Waals surface area contributed by atoms with Gasteiger partial charge >= 0.3 is 0 Å². The van der Waals surface area contributed by atoms with Crippen molar-refractivity contribution in [3.05, 3.63) is 48.7 Å². The Labute approximate surface area is 144 Å². The molecule has 0 saturated carbocycles. The van der Waals surface area contributed by atoms with Gasteiger partial charge in [0.15, 0.2) is 0 Å². The van der Waals surface area contributed by atoms with Crippen molar-refractivity contribution in [2.75, 3.05) is 50.1 Å². The maximum absolute atomic E-state index is 5.32. The fourth-order valence-corrected chi connectivity index (χ4v) is 3.13. The van der Waals surface area contributed by atoms with Crippen LogP contribution in [0.5, 0.6) is 5.75 Å². The molecule has 3 rings (SSSR count). The Kier molecular flexibility index (Phi) is 5.54. The number of hydrogen-bond acceptors (Lipinski definition) is 5. The van der Waals surface area contributed by atoms with E-state index < -0.39 is 0 Å². The van der Waals surface area contributed by atoms with Crippen LogP contribution in [0.2, 0.25) is 0 Å². The zero-order chi connectivity index (χ0) is 16.8. The van der Waals surface area contributed by atoms with Gasteiger partial charge in [0.25, 0.3) is 0 Å². The van der Waals surface area contributed by atoms with E-state index in [0.29, 0.717) is 6.04 Å². The number of hydrogen-bond donors (Lipinski definition) is 1. The first-order valence-corrected chi connectivity index (χ1v) is 8.53. The normalized spacial score (nSPS) is 16.7. The number of aromatic nitrogens is 1. The number of piperazine rings is 1. The second kappa shape index (κ2) is 8.02. The van der Waals surface area contributed by atoms with Gasteiger partial charge in [-0.25, -0.2) is 4.98 Å². The van der Waals surface area contributed by atoms with Gasteiger partial charge in [0, 0.05) is 56.7 Å². The maximum Gasteiger partial charge on any atom is 0.126 e. The third kappa shape index (κ3) is 4.38. The van der Waals surface area contributed by atoms with Crippen LogP contribution in [-0.4, -0.2) is 55.8 Å². The maximum atomic E-state index is 5.32. The monoisotopic (exact) mass is 326 g/mol. The Bertz CT molecular complexity index is 626. The van der Waals surface area contributed by atoms with Gasteiger partial charge in [0.05, 0.1) is 7.11 Å². The number of rotatable bonds is 6. The summed E-state index contributed by atoms with van der Waals surface area (Å²) in [6.07, 6.45) is 1.82. The fourth-order valence-electron chi connectivity index (χ4n) is 3.13. The minimum atomic E-state index is 0.378. The average Bonchev–Trinajstić information content (AvgIpc) is 2.63. The van der Waals surface area contributed by atoms with Crippen LogP contribution in [0.1, 0.15) is 6.92 Å². The largest absolute Gasteiger partial charge is 0.497 e. The van der Waals surface area contributed by atoms with Crippen molar-refractivity contribution in [3.63, 3.8) is 0 Å². The highest BCUT2D eigenvalue weighted by Crippen LogP contribution is 2.22. The molecule has 1 aromatic heterocycles. The summed E-state index contributed by atoms with van der Waals surface area (Å²) in [7, 11) is 1.72. The molecular formula is C19H26N4O. The number of anilines is 2. The summed E-state index contributed by atoms with van der Waals surface area (Å²) in [5.41, 5.74) is 1.24. The summed E-state index contributed by atoms with van der Waals surface area (Å²) in [5, 5.41) is 3.46. The van der Waals surface area contributed by atoms with Gasteiger partial charge in [0.2, 0.25) is 0 Å². The standard InChI is InChI=1S/C19H26N4O/c1-16(21-19-8-3-4-9-20-19)15-22-10-12-23(13-11-22)17-6-5-7-18(14-17)24-2/h3-9,14,16H,10-13,15H2,1-2H3,(H,20,21)/t16-/m1/s1. The van der Waals surface area contributed by atoms with E-state index in [2.05, 4.69) is 45.2 Å². The van der Waals surface area contributed by atoms with Gasteiger partial charge in [-0.3, -0.25) is 4.90 Å². The van der Waals surface area contributed by atoms with E-state index in [1.54, 1.807) is 7.11 Å². The molecule has 0 unspecified atom stereocenters. The second-order valence-electron chi connectivity index (χ2n) is 6.25. The Hall–Kier alpha value is -2.27. The second-order valence-corrected chi connectivity index (χ2v) is 6.25. The Balaban J connectivity index is 1.48. The van der Waals surface area contributed by atoms with Gasteiger partial charge in [-0.1, -0.05) is 12.1 Å². The van der Waals surface area contributed by atoms with Gasteiger partial charge in [0.1, 0.15) is 11.6 Å². The molecule has 0 radical (unpaired) electrons. The summed E-state index contributed by atoms with van der Waals surface area (Å²) in [4.78, 5) is 9.27. The lowest BCUT2D eigenvalue weighted by Crippen LogP contribution is -2.49. The Morgan fingerprint density at radius 3 is 2.67 bits per heavy atom. The van der Waals surface area contributed by atoms with Crippen LogP contribution < -0.4 is 15.0 Å². The van der Waals surface area contributed by atoms with Crippen LogP contribution in [0, 0.1) is 0 Å². The summed E-state index contributed by atoms with van der Waals surface area (Å²) in [6.45, 7) is 7.48. The summed E-state index contributed by atoms with van der Waals surface area (Å²) in [6, 6.07) is 14.7. The lowest BCUT2D eigenvalue weighted by Gasteiger charge is -2.37. The molecule has 5 heteroatoms. The van der Waals surface area contributed by atoms with Gasteiger partial charge < -0.3 is 15.0 Å². The number of ether oxygens (including phenoxy) is 1. The van der Waals surface area contributed by atoms with E-state index in [4.69, 9.17) is 4.74 Å². The van der Waals surface area contributed by atoms with E-state index in [-0.39, 0.29) is 0 Å². The van der Waals surface area contributed by atoms with Crippen LogP contribution >= 0.6 is 0 Å². The van der Waals surface area contributed by atoms with Gasteiger partial charge in [-0.15, -0.1) is 0 Å². The summed E-state index contributed by atoms with van der Waals surface area (Å²) < 4.78 is 5.32. The third-order valence-electron chi connectivity index (χ3n) is 4.38. The highest BCUT2D eigenvalue weighted by molar-refractivity contribution is 5.51. The first-order chi connectivity index (χ1) is 11.7. The van der Waals surface area contributed by atoms with Crippen LogP contribution in [0.4, 0.5) is 11.5 Å². The average molecular weight is 326 g/mol. The molecule has 1 N–H and O–H groups in total. The molecule has 5 nitrogen and oxygen atoms in total. The van der Waals surface area contributed by atoms with Crippen LogP contribution in [0.15, 0.2) is 48.7 Å². The molecule has 0 aliphatic carbocycles. The molecule has 2 heterocycles. The van der Waals surface area contributed by atoms with Crippen molar-refractivity contribution in [1.82, 2.24) is 9.88 Å². The Morgan fingerprint density at radius 1 is 1.12 bits per heavy atom. The molecule has 0 bridgehead atoms. The molecular weight excluding hydrogens is 300 g/mol. The molecule has 1 aliphatic heterocycles.